The van der Waals surface area contributed by atoms with Crippen molar-refractivity contribution in [1.82, 2.24) is 0 Å². The van der Waals surface area contributed by atoms with Crippen LogP contribution in [0.1, 0.15) is 6.92 Å². The third kappa shape index (κ3) is 5.07. The summed E-state index contributed by atoms with van der Waals surface area (Å²) in [4.78, 5) is 10.5. The lowest BCUT2D eigenvalue weighted by Crippen LogP contribution is -2.43. The van der Waals surface area contributed by atoms with Crippen molar-refractivity contribution in [2.75, 3.05) is 16.7 Å². The van der Waals surface area contributed by atoms with Crippen molar-refractivity contribution in [2.24, 2.45) is 0 Å². The van der Waals surface area contributed by atoms with E-state index in [9.17, 15) is 18.5 Å². The molecule has 0 aliphatic rings. The van der Waals surface area contributed by atoms with Crippen molar-refractivity contribution >= 4 is 38.7 Å². The van der Waals surface area contributed by atoms with Crippen molar-refractivity contribution in [2.45, 2.75) is 18.0 Å². The lowest BCUT2D eigenvalue weighted by Gasteiger charge is -2.31. The number of sulfonamides is 1. The zero-order valence-corrected chi connectivity index (χ0v) is 18.3. The summed E-state index contributed by atoms with van der Waals surface area (Å²) in [6, 6.07) is 18.2. The molecule has 1 unspecified atom stereocenters. The van der Waals surface area contributed by atoms with E-state index in [1.54, 1.807) is 38.3 Å². The van der Waals surface area contributed by atoms with E-state index in [1.165, 1.54) is 52.8 Å². The maximum absolute atomic E-state index is 13.5. The number of nitro benzene ring substituents is 1. The van der Waals surface area contributed by atoms with E-state index in [-0.39, 0.29) is 16.3 Å². The van der Waals surface area contributed by atoms with Crippen molar-refractivity contribution in [1.29, 1.82) is 0 Å². The number of hydrogen-bond donors (Lipinski definition) is 1. The minimum absolute atomic E-state index is 0.0404. The average Bonchev–Trinajstić information content (AvgIpc) is 2.75. The number of non-ortho nitro benzene ring substituents is 1. The first-order valence-corrected chi connectivity index (χ1v) is 11.0. The summed E-state index contributed by atoms with van der Waals surface area (Å²) in [7, 11) is -2.46. The average molecular weight is 462 g/mol. The number of benzene rings is 3. The molecular weight excluding hydrogens is 442 g/mol. The molecule has 0 fully saturated rings. The minimum atomic E-state index is -4.02. The summed E-state index contributed by atoms with van der Waals surface area (Å²) in [5.41, 5.74) is 0.809. The largest absolute Gasteiger partial charge is 0.497 e. The van der Waals surface area contributed by atoms with Crippen LogP contribution in [-0.2, 0) is 10.0 Å². The van der Waals surface area contributed by atoms with E-state index < -0.39 is 21.1 Å². The first-order valence-electron chi connectivity index (χ1n) is 9.17. The fraction of sp³-hybridized carbons (Fsp3) is 0.143. The van der Waals surface area contributed by atoms with Gasteiger partial charge in [0.2, 0.25) is 0 Å². The standard InChI is InChI=1S/C21H20ClN3O5S/c1-15(23-17-5-11-20(30-2)12-6-17)24(18-7-9-19(10-8-18)25(26)27)31(28,29)21-13-3-16(22)4-14-21/h3-15,23H,1-2H3. The first-order chi connectivity index (χ1) is 14.7. The molecule has 3 aromatic carbocycles. The highest BCUT2D eigenvalue weighted by molar-refractivity contribution is 7.92. The molecule has 3 rings (SSSR count). The van der Waals surface area contributed by atoms with Crippen LogP contribution in [0.15, 0.2) is 77.7 Å². The van der Waals surface area contributed by atoms with E-state index in [0.29, 0.717) is 16.5 Å². The van der Waals surface area contributed by atoms with Gasteiger partial charge in [0.15, 0.2) is 0 Å². The third-order valence-electron chi connectivity index (χ3n) is 4.50. The molecule has 0 aliphatic carbocycles. The SMILES string of the molecule is COc1ccc(NC(C)N(c2ccc([N+](=O)[O-])cc2)S(=O)(=O)c2ccc(Cl)cc2)cc1. The van der Waals surface area contributed by atoms with Crippen LogP contribution in [0.3, 0.4) is 0 Å². The van der Waals surface area contributed by atoms with Gasteiger partial charge in [-0.1, -0.05) is 11.6 Å². The van der Waals surface area contributed by atoms with Crippen LogP contribution in [-0.4, -0.2) is 26.6 Å². The number of nitrogens with one attached hydrogen (secondary N) is 1. The van der Waals surface area contributed by atoms with Gasteiger partial charge < -0.3 is 10.1 Å². The fourth-order valence-electron chi connectivity index (χ4n) is 3.00. The Bertz CT molecular complexity index is 1150. The van der Waals surface area contributed by atoms with Crippen LogP contribution in [0.4, 0.5) is 17.1 Å². The van der Waals surface area contributed by atoms with Gasteiger partial charge in [0.1, 0.15) is 11.9 Å². The van der Waals surface area contributed by atoms with Crippen molar-refractivity contribution in [3.05, 3.63) is 87.9 Å². The number of anilines is 2. The highest BCUT2D eigenvalue weighted by Crippen LogP contribution is 2.29. The Labute approximate surface area is 185 Å². The highest BCUT2D eigenvalue weighted by atomic mass is 35.5. The quantitative estimate of drug-likeness (QED) is 0.290. The van der Waals surface area contributed by atoms with Gasteiger partial charge in [-0.05, 0) is 67.6 Å². The van der Waals surface area contributed by atoms with E-state index in [0.717, 1.165) is 0 Å². The van der Waals surface area contributed by atoms with Crippen LogP contribution >= 0.6 is 11.6 Å². The van der Waals surface area contributed by atoms with Gasteiger partial charge in [-0.25, -0.2) is 12.7 Å². The zero-order valence-electron chi connectivity index (χ0n) is 16.7. The molecule has 31 heavy (non-hydrogen) atoms. The van der Waals surface area contributed by atoms with Crippen molar-refractivity contribution in [3.63, 3.8) is 0 Å². The molecule has 0 spiro atoms. The molecule has 3 aromatic rings. The number of nitro groups is 1. The molecule has 0 heterocycles. The Morgan fingerprint density at radius 3 is 2.10 bits per heavy atom. The van der Waals surface area contributed by atoms with Crippen LogP contribution in [0, 0.1) is 10.1 Å². The summed E-state index contributed by atoms with van der Waals surface area (Å²) in [6.07, 6.45) is -0.726. The molecule has 0 aromatic heterocycles. The van der Waals surface area contributed by atoms with Crippen LogP contribution in [0.2, 0.25) is 5.02 Å². The molecular formula is C21H20ClN3O5S. The van der Waals surface area contributed by atoms with Gasteiger partial charge in [0, 0.05) is 22.8 Å². The van der Waals surface area contributed by atoms with Gasteiger partial charge in [0.05, 0.1) is 22.6 Å². The normalized spacial score (nSPS) is 12.1. The Morgan fingerprint density at radius 1 is 1.00 bits per heavy atom. The molecule has 8 nitrogen and oxygen atoms in total. The number of nitrogens with zero attached hydrogens (tertiary/aromatic N) is 2. The maximum Gasteiger partial charge on any atom is 0.269 e. The Balaban J connectivity index is 2.02. The number of hydrogen-bond acceptors (Lipinski definition) is 6. The number of ether oxygens (including phenoxy) is 1. The maximum atomic E-state index is 13.5. The summed E-state index contributed by atoms with van der Waals surface area (Å²) >= 11 is 5.91. The van der Waals surface area contributed by atoms with Crippen LogP contribution in [0.25, 0.3) is 0 Å². The van der Waals surface area contributed by atoms with Crippen LogP contribution < -0.4 is 14.4 Å². The molecule has 10 heteroatoms. The highest BCUT2D eigenvalue weighted by Gasteiger charge is 2.30. The Hall–Kier alpha value is -3.30. The number of rotatable bonds is 8. The van der Waals surface area contributed by atoms with Crippen molar-refractivity contribution < 1.29 is 18.1 Å². The van der Waals surface area contributed by atoms with Gasteiger partial charge in [-0.3, -0.25) is 10.1 Å². The first kappa shape index (κ1) is 22.4. The molecule has 162 valence electrons. The molecule has 0 saturated heterocycles. The topological polar surface area (TPSA) is 102 Å². The predicted octanol–water partition coefficient (Wildman–Crippen LogP) is 4.91. The molecule has 0 saturated carbocycles. The predicted molar refractivity (Wildman–Crippen MR) is 120 cm³/mol. The summed E-state index contributed by atoms with van der Waals surface area (Å²) in [5.74, 6) is 0.666. The molecule has 0 amide bonds. The second-order valence-corrected chi connectivity index (χ2v) is 8.83. The summed E-state index contributed by atoms with van der Waals surface area (Å²) < 4.78 is 33.3. The third-order valence-corrected chi connectivity index (χ3v) is 6.67. The lowest BCUT2D eigenvalue weighted by molar-refractivity contribution is -0.384. The van der Waals surface area contributed by atoms with Gasteiger partial charge in [-0.15, -0.1) is 0 Å². The lowest BCUT2D eigenvalue weighted by atomic mass is 10.2. The second kappa shape index (κ2) is 9.23. The smallest absolute Gasteiger partial charge is 0.269 e. The van der Waals surface area contributed by atoms with E-state index >= 15 is 0 Å². The molecule has 0 aliphatic heterocycles. The second-order valence-electron chi connectivity index (χ2n) is 6.58. The van der Waals surface area contributed by atoms with Crippen LogP contribution in [0.5, 0.6) is 5.75 Å². The molecule has 1 N–H and O–H groups in total. The molecule has 0 radical (unpaired) electrons. The van der Waals surface area contributed by atoms with Gasteiger partial charge >= 0.3 is 0 Å². The van der Waals surface area contributed by atoms with Crippen molar-refractivity contribution in [3.8, 4) is 5.75 Å². The zero-order chi connectivity index (χ0) is 22.6. The number of methoxy groups -OCH3 is 1. The minimum Gasteiger partial charge on any atom is -0.497 e. The fourth-order valence-corrected chi connectivity index (χ4v) is 4.70. The summed E-state index contributed by atoms with van der Waals surface area (Å²) in [5, 5.41) is 14.6. The molecule has 0 bridgehead atoms. The summed E-state index contributed by atoms with van der Waals surface area (Å²) in [6.45, 7) is 1.68. The number of halogens is 1. The van der Waals surface area contributed by atoms with Gasteiger partial charge in [0.25, 0.3) is 15.7 Å². The van der Waals surface area contributed by atoms with E-state index in [4.69, 9.17) is 16.3 Å². The van der Waals surface area contributed by atoms with E-state index in [1.807, 2.05) is 0 Å². The van der Waals surface area contributed by atoms with E-state index in [2.05, 4.69) is 5.32 Å². The monoisotopic (exact) mass is 461 g/mol. The molecule has 1 atom stereocenters. The Morgan fingerprint density at radius 2 is 1.58 bits per heavy atom. The Kier molecular flexibility index (Phi) is 6.67. The van der Waals surface area contributed by atoms with Gasteiger partial charge in [-0.2, -0.15) is 0 Å².